The maximum atomic E-state index is 12.4. The number of ether oxygens (including phenoxy) is 6. The fraction of sp³-hybridized carbons (Fsp3) is 0.750. The van der Waals surface area contributed by atoms with Crippen molar-refractivity contribution in [2.45, 2.75) is 105 Å². The third-order valence-electron chi connectivity index (χ3n) is 6.86. The summed E-state index contributed by atoms with van der Waals surface area (Å²) in [6.45, 7) is 15.1. The molecule has 0 aliphatic rings. The molecule has 1 rings (SSSR count). The molecule has 0 N–H and O–H groups in total. The predicted octanol–water partition coefficient (Wildman–Crippen LogP) is 7.19. The molecule has 0 bridgehead atoms. The highest BCUT2D eigenvalue weighted by molar-refractivity contribution is 5.93. The standard InChI is InChI=1S/C32H54O8/c1-7-11-13-27(9-3)23-35-19-21-37-25(5)39-31(33)29-15-17-30(18-16-29)32(34)40-26(6)38-22-20-36-24-28(10-4)14-12-8-2/h15-18,25-28H,7-14,19-24H2,1-6H3. The molecule has 8 heteroatoms. The zero-order valence-corrected chi connectivity index (χ0v) is 25.8. The van der Waals surface area contributed by atoms with E-state index in [-0.39, 0.29) is 0 Å². The Morgan fingerprint density at radius 3 is 1.32 bits per heavy atom. The normalized spacial score (nSPS) is 14.3. The van der Waals surface area contributed by atoms with Crippen LogP contribution in [0.2, 0.25) is 0 Å². The molecular weight excluding hydrogens is 512 g/mol. The first kappa shape index (κ1) is 36.0. The van der Waals surface area contributed by atoms with Gasteiger partial charge in [0.2, 0.25) is 12.6 Å². The number of carbonyl (C=O) groups excluding carboxylic acids is 2. The van der Waals surface area contributed by atoms with Gasteiger partial charge in [0, 0.05) is 13.2 Å². The molecule has 40 heavy (non-hydrogen) atoms. The van der Waals surface area contributed by atoms with Crippen LogP contribution in [0.5, 0.6) is 0 Å². The van der Waals surface area contributed by atoms with Crippen LogP contribution in [0.1, 0.15) is 114 Å². The summed E-state index contributed by atoms with van der Waals surface area (Å²) in [7, 11) is 0. The van der Waals surface area contributed by atoms with Crippen LogP contribution in [-0.4, -0.2) is 64.2 Å². The first-order chi connectivity index (χ1) is 19.3. The van der Waals surface area contributed by atoms with E-state index in [1.165, 1.54) is 62.8 Å². The molecule has 0 saturated heterocycles. The number of rotatable bonds is 24. The molecule has 0 heterocycles. The third-order valence-corrected chi connectivity index (χ3v) is 6.86. The van der Waals surface area contributed by atoms with E-state index in [9.17, 15) is 9.59 Å². The Morgan fingerprint density at radius 1 is 0.625 bits per heavy atom. The highest BCUT2D eigenvalue weighted by atomic mass is 16.7. The highest BCUT2D eigenvalue weighted by Crippen LogP contribution is 2.14. The maximum Gasteiger partial charge on any atom is 0.340 e. The van der Waals surface area contributed by atoms with Crippen LogP contribution in [0, 0.1) is 11.8 Å². The fourth-order valence-electron chi connectivity index (χ4n) is 4.09. The Morgan fingerprint density at radius 2 is 1.00 bits per heavy atom. The van der Waals surface area contributed by atoms with Gasteiger partial charge < -0.3 is 28.4 Å². The van der Waals surface area contributed by atoms with E-state index >= 15 is 0 Å². The van der Waals surface area contributed by atoms with Crippen molar-refractivity contribution in [2.75, 3.05) is 39.6 Å². The van der Waals surface area contributed by atoms with Crippen molar-refractivity contribution in [3.05, 3.63) is 35.4 Å². The van der Waals surface area contributed by atoms with Crippen LogP contribution < -0.4 is 0 Å². The second-order valence-corrected chi connectivity index (χ2v) is 10.2. The van der Waals surface area contributed by atoms with Gasteiger partial charge in [0.25, 0.3) is 0 Å². The van der Waals surface area contributed by atoms with Gasteiger partial charge in [0.05, 0.1) is 37.6 Å². The number of hydrogen-bond acceptors (Lipinski definition) is 8. The van der Waals surface area contributed by atoms with Crippen molar-refractivity contribution in [1.29, 1.82) is 0 Å². The number of benzene rings is 1. The van der Waals surface area contributed by atoms with E-state index < -0.39 is 24.5 Å². The molecule has 1 aromatic rings. The van der Waals surface area contributed by atoms with Crippen LogP contribution in [-0.2, 0) is 28.4 Å². The topological polar surface area (TPSA) is 89.5 Å². The van der Waals surface area contributed by atoms with Gasteiger partial charge in [-0.25, -0.2) is 9.59 Å². The first-order valence-electron chi connectivity index (χ1n) is 15.2. The Bertz CT molecular complexity index is 717. The lowest BCUT2D eigenvalue weighted by atomic mass is 10.0. The molecule has 0 aromatic heterocycles. The van der Waals surface area contributed by atoms with Crippen LogP contribution >= 0.6 is 0 Å². The Kier molecular flexibility index (Phi) is 20.4. The average molecular weight is 567 g/mol. The lowest BCUT2D eigenvalue weighted by molar-refractivity contribution is -0.111. The third kappa shape index (κ3) is 16.3. The monoisotopic (exact) mass is 566 g/mol. The summed E-state index contributed by atoms with van der Waals surface area (Å²) < 4.78 is 33.2. The molecule has 230 valence electrons. The molecule has 0 amide bonds. The summed E-state index contributed by atoms with van der Waals surface area (Å²) in [5, 5.41) is 0. The quantitative estimate of drug-likeness (QED) is 0.0738. The van der Waals surface area contributed by atoms with Gasteiger partial charge in [0.1, 0.15) is 0 Å². The van der Waals surface area contributed by atoms with Gasteiger partial charge in [-0.3, -0.25) is 0 Å². The van der Waals surface area contributed by atoms with Gasteiger partial charge in [-0.05, 0) is 62.8 Å². The van der Waals surface area contributed by atoms with Crippen LogP contribution in [0.3, 0.4) is 0 Å². The summed E-state index contributed by atoms with van der Waals surface area (Å²) in [6.07, 6.45) is 7.96. The number of hydrogen-bond donors (Lipinski definition) is 0. The maximum absolute atomic E-state index is 12.4. The minimum absolute atomic E-state index is 0.315. The van der Waals surface area contributed by atoms with Crippen LogP contribution in [0.15, 0.2) is 24.3 Å². The molecule has 0 saturated carbocycles. The largest absolute Gasteiger partial charge is 0.432 e. The van der Waals surface area contributed by atoms with Crippen LogP contribution in [0.4, 0.5) is 0 Å². The Hall–Kier alpha value is -2.00. The summed E-state index contributed by atoms with van der Waals surface area (Å²) in [5.41, 5.74) is 0.631. The van der Waals surface area contributed by atoms with E-state index in [0.717, 1.165) is 26.1 Å². The van der Waals surface area contributed by atoms with Crippen molar-refractivity contribution in [2.24, 2.45) is 11.8 Å². The smallest absolute Gasteiger partial charge is 0.340 e. The molecule has 0 radical (unpaired) electrons. The molecule has 0 aliphatic carbocycles. The van der Waals surface area contributed by atoms with E-state index in [4.69, 9.17) is 28.4 Å². The van der Waals surface area contributed by atoms with E-state index in [2.05, 4.69) is 27.7 Å². The number of esters is 2. The summed E-state index contributed by atoms with van der Waals surface area (Å²) in [6, 6.07) is 6.10. The summed E-state index contributed by atoms with van der Waals surface area (Å²) in [5.74, 6) is 0.0836. The molecule has 0 fully saturated rings. The molecule has 1 aromatic carbocycles. The van der Waals surface area contributed by atoms with Crippen molar-refractivity contribution in [3.63, 3.8) is 0 Å². The van der Waals surface area contributed by atoms with Gasteiger partial charge >= 0.3 is 11.9 Å². The average Bonchev–Trinajstić information content (AvgIpc) is 2.95. The highest BCUT2D eigenvalue weighted by Gasteiger charge is 2.16. The van der Waals surface area contributed by atoms with E-state index in [0.29, 0.717) is 49.4 Å². The number of unbranched alkanes of at least 4 members (excludes halogenated alkanes) is 2. The first-order valence-corrected chi connectivity index (χ1v) is 15.2. The van der Waals surface area contributed by atoms with Crippen molar-refractivity contribution in [3.8, 4) is 0 Å². The minimum Gasteiger partial charge on any atom is -0.432 e. The molecular formula is C32H54O8. The van der Waals surface area contributed by atoms with Crippen molar-refractivity contribution in [1.82, 2.24) is 0 Å². The predicted molar refractivity (Wildman–Crippen MR) is 156 cm³/mol. The molecule has 4 atom stereocenters. The molecule has 8 nitrogen and oxygen atoms in total. The second-order valence-electron chi connectivity index (χ2n) is 10.2. The van der Waals surface area contributed by atoms with E-state index in [1.807, 2.05) is 0 Å². The second kappa shape index (κ2) is 22.7. The van der Waals surface area contributed by atoms with Crippen molar-refractivity contribution < 1.29 is 38.0 Å². The van der Waals surface area contributed by atoms with Gasteiger partial charge in [0.15, 0.2) is 0 Å². The van der Waals surface area contributed by atoms with E-state index in [1.54, 1.807) is 13.8 Å². The lowest BCUT2D eigenvalue weighted by Crippen LogP contribution is -2.22. The Balaban J connectivity index is 2.29. The SMILES string of the molecule is CCCCC(CC)COCCOC(C)OC(=O)c1ccc(C(=O)OC(C)OCCOCC(CC)CCCC)cc1. The summed E-state index contributed by atoms with van der Waals surface area (Å²) in [4.78, 5) is 24.9. The summed E-state index contributed by atoms with van der Waals surface area (Å²) >= 11 is 0. The van der Waals surface area contributed by atoms with Crippen molar-refractivity contribution >= 4 is 11.9 Å². The molecule has 4 unspecified atom stereocenters. The minimum atomic E-state index is -0.714. The molecule has 0 spiro atoms. The molecule has 0 aliphatic heterocycles. The lowest BCUT2D eigenvalue weighted by Gasteiger charge is -2.17. The van der Waals surface area contributed by atoms with Gasteiger partial charge in [-0.15, -0.1) is 0 Å². The van der Waals surface area contributed by atoms with Crippen LogP contribution in [0.25, 0.3) is 0 Å². The number of carbonyl (C=O) groups is 2. The zero-order valence-electron chi connectivity index (χ0n) is 25.8. The van der Waals surface area contributed by atoms with Gasteiger partial charge in [-0.2, -0.15) is 0 Å². The van der Waals surface area contributed by atoms with Gasteiger partial charge in [-0.1, -0.05) is 66.2 Å². The zero-order chi connectivity index (χ0) is 29.6. The fourth-order valence-corrected chi connectivity index (χ4v) is 4.09. The Labute approximate surface area is 242 Å².